The molecular formula is C3H5O-. The van der Waals surface area contributed by atoms with E-state index in [1.165, 1.54) is 6.08 Å². The van der Waals surface area contributed by atoms with Gasteiger partial charge in [-0.1, -0.05) is 0 Å². The Kier molecular flexibility index (Phi) is 2.50. The van der Waals surface area contributed by atoms with Gasteiger partial charge in [-0.2, -0.15) is 0 Å². The Labute approximate surface area is 25.6 Å². The van der Waals surface area contributed by atoms with E-state index in [4.69, 9.17) is 0 Å². The van der Waals surface area contributed by atoms with Crippen molar-refractivity contribution in [2.45, 2.75) is 0 Å². The number of hydrogen-bond donors (Lipinski definition) is 0. The van der Waals surface area contributed by atoms with Crippen LogP contribution in [0.4, 0.5) is 0 Å². The van der Waals surface area contributed by atoms with Crippen molar-refractivity contribution in [2.75, 3.05) is 6.61 Å². The highest BCUT2D eigenvalue weighted by Crippen LogP contribution is 1.39. The molecule has 1 heteroatoms. The van der Waals surface area contributed by atoms with Gasteiger partial charge in [0.1, 0.15) is 0 Å². The maximum atomic E-state index is 9.18. The smallest absolute Gasteiger partial charge is 0.104 e. The molecule has 0 aliphatic rings. The second-order valence-electron chi connectivity index (χ2n) is 0.455. The highest BCUT2D eigenvalue weighted by Gasteiger charge is 1.30. The third-order valence-electron chi connectivity index (χ3n) is 0.118. The van der Waals surface area contributed by atoms with E-state index in [2.05, 4.69) is 6.58 Å². The molecule has 0 spiro atoms. The maximum absolute atomic E-state index is 9.18. The first kappa shape index (κ1) is 3.70. The Bertz CT molecular complexity index is 17.2. The van der Waals surface area contributed by atoms with Crippen molar-refractivity contribution in [3.8, 4) is 0 Å². The third kappa shape index (κ3) is 1.70. The van der Waals surface area contributed by atoms with Gasteiger partial charge in [-0.05, 0) is 0 Å². The molecule has 0 N–H and O–H groups in total. The lowest BCUT2D eigenvalue weighted by Crippen LogP contribution is -1.98. The highest BCUT2D eigenvalue weighted by atomic mass is 16.2. The lowest BCUT2D eigenvalue weighted by Gasteiger charge is -1.83. The Balaban J connectivity index is 2.30. The zero-order valence-electron chi connectivity index (χ0n) is 2.40. The van der Waals surface area contributed by atoms with Crippen LogP contribution < -0.4 is 5.11 Å². The first-order valence-corrected chi connectivity index (χ1v) is 1.11. The van der Waals surface area contributed by atoms with Crippen molar-refractivity contribution >= 4 is 0 Å². The van der Waals surface area contributed by atoms with Crippen LogP contribution in [0.2, 0.25) is 0 Å². The summed E-state index contributed by atoms with van der Waals surface area (Å²) in [6, 6.07) is 0. The number of rotatable bonds is 1. The van der Waals surface area contributed by atoms with E-state index in [1.54, 1.807) is 0 Å². The molecule has 1 nitrogen and oxygen atoms in total. The van der Waals surface area contributed by atoms with Gasteiger partial charge in [0.15, 0.2) is 0 Å². The molecule has 0 fully saturated rings. The minimum Gasteiger partial charge on any atom is -0.851 e. The average molecular weight is 57.1 g/mol. The summed E-state index contributed by atoms with van der Waals surface area (Å²) in [5, 5.41) is 9.18. The molecule has 0 unspecified atom stereocenters. The summed E-state index contributed by atoms with van der Waals surface area (Å²) in [7, 11) is 0. The maximum Gasteiger partial charge on any atom is -0.104 e. The van der Waals surface area contributed by atoms with Crippen molar-refractivity contribution in [2.24, 2.45) is 0 Å². The molecule has 0 aliphatic heterocycles. The summed E-state index contributed by atoms with van der Waals surface area (Å²) in [6.45, 7) is 3.00. The lowest BCUT2D eigenvalue weighted by atomic mass is 10.7. The Hall–Kier alpha value is -0.300. The molecule has 0 atom stereocenters. The molecule has 0 saturated heterocycles. The van der Waals surface area contributed by atoms with Crippen LogP contribution >= 0.6 is 0 Å². The van der Waals surface area contributed by atoms with Gasteiger partial charge in [-0.15, -0.1) is 19.3 Å². The average Bonchev–Trinajstić information content (AvgIpc) is 1.37. The van der Waals surface area contributed by atoms with Crippen molar-refractivity contribution < 1.29 is 5.11 Å². The summed E-state index contributed by atoms with van der Waals surface area (Å²) in [5.74, 6) is 0. The van der Waals surface area contributed by atoms with E-state index < -0.39 is 0 Å². The van der Waals surface area contributed by atoms with Crippen molar-refractivity contribution in [1.82, 2.24) is 0 Å². The van der Waals surface area contributed by atoms with Gasteiger partial charge < -0.3 is 5.11 Å². The van der Waals surface area contributed by atoms with Crippen LogP contribution in [0.15, 0.2) is 12.7 Å². The predicted octanol–water partition coefficient (Wildman–Crippen LogP) is -0.467. The Morgan fingerprint density at radius 2 is 2.25 bits per heavy atom. The zero-order valence-corrected chi connectivity index (χ0v) is 2.40. The molecular weight excluding hydrogens is 52.0 g/mol. The lowest BCUT2D eigenvalue weighted by molar-refractivity contribution is -0.352. The van der Waals surface area contributed by atoms with Crippen LogP contribution in [0.25, 0.3) is 0 Å². The quantitative estimate of drug-likeness (QED) is 0.373. The van der Waals surface area contributed by atoms with E-state index in [-0.39, 0.29) is 6.61 Å². The van der Waals surface area contributed by atoms with E-state index in [0.29, 0.717) is 0 Å². The van der Waals surface area contributed by atoms with Crippen molar-refractivity contribution in [1.29, 1.82) is 0 Å². The van der Waals surface area contributed by atoms with Crippen LogP contribution in [0, 0.1) is 0 Å². The molecule has 0 amide bonds. The molecule has 0 aromatic rings. The summed E-state index contributed by atoms with van der Waals surface area (Å²) < 4.78 is 0. The van der Waals surface area contributed by atoms with Crippen LogP contribution in [0.1, 0.15) is 0 Å². The molecule has 0 heterocycles. The Morgan fingerprint density at radius 3 is 2.25 bits per heavy atom. The van der Waals surface area contributed by atoms with Crippen molar-refractivity contribution in [3.63, 3.8) is 0 Å². The molecule has 4 heavy (non-hydrogen) atoms. The monoisotopic (exact) mass is 57.0 g/mol. The highest BCUT2D eigenvalue weighted by molar-refractivity contribution is 4.59. The second kappa shape index (κ2) is 2.70. The fourth-order valence-corrected chi connectivity index (χ4v) is 0. The van der Waals surface area contributed by atoms with Crippen LogP contribution in [0.3, 0.4) is 0 Å². The predicted molar refractivity (Wildman–Crippen MR) is 15.1 cm³/mol. The summed E-state index contributed by atoms with van der Waals surface area (Å²) in [6.07, 6.45) is 1.32. The Morgan fingerprint density at radius 1 is 2.00 bits per heavy atom. The fourth-order valence-electron chi connectivity index (χ4n) is 0. The van der Waals surface area contributed by atoms with E-state index in [0.717, 1.165) is 0 Å². The van der Waals surface area contributed by atoms with Gasteiger partial charge in [-0.3, -0.25) is 0 Å². The second-order valence-corrected chi connectivity index (χ2v) is 0.455. The minimum absolute atomic E-state index is 0.167. The SMILES string of the molecule is C=CC[O-]. The summed E-state index contributed by atoms with van der Waals surface area (Å²) >= 11 is 0. The minimum atomic E-state index is -0.167. The van der Waals surface area contributed by atoms with Gasteiger partial charge in [-0.25, -0.2) is 0 Å². The van der Waals surface area contributed by atoms with Gasteiger partial charge in [0.25, 0.3) is 0 Å². The summed E-state index contributed by atoms with van der Waals surface area (Å²) in [4.78, 5) is 0. The standard InChI is InChI=1S/C3H5O/c1-2-3-4/h2H,1,3H2/q-1. The topological polar surface area (TPSA) is 23.1 Å². The number of hydrogen-bond acceptors (Lipinski definition) is 1. The normalized spacial score (nSPS) is 6.25. The first-order chi connectivity index (χ1) is 1.91. The molecule has 0 aromatic heterocycles. The van der Waals surface area contributed by atoms with Crippen LogP contribution in [-0.2, 0) is 0 Å². The van der Waals surface area contributed by atoms with Crippen LogP contribution in [-0.4, -0.2) is 6.61 Å². The van der Waals surface area contributed by atoms with Gasteiger partial charge in [0.05, 0.1) is 0 Å². The molecule has 0 aliphatic carbocycles. The van der Waals surface area contributed by atoms with Crippen LogP contribution in [0.5, 0.6) is 0 Å². The van der Waals surface area contributed by atoms with E-state index in [9.17, 15) is 5.11 Å². The molecule has 0 aromatic carbocycles. The summed E-state index contributed by atoms with van der Waals surface area (Å²) in [5.41, 5.74) is 0. The molecule has 0 saturated carbocycles. The zero-order chi connectivity index (χ0) is 3.41. The van der Waals surface area contributed by atoms with Crippen molar-refractivity contribution in [3.05, 3.63) is 12.7 Å². The fraction of sp³-hybridized carbons (Fsp3) is 0.333. The van der Waals surface area contributed by atoms with Gasteiger partial charge in [0, 0.05) is 0 Å². The molecule has 0 rings (SSSR count). The molecule has 24 valence electrons. The van der Waals surface area contributed by atoms with E-state index in [1.807, 2.05) is 0 Å². The third-order valence-corrected chi connectivity index (χ3v) is 0.118. The molecule has 0 bridgehead atoms. The van der Waals surface area contributed by atoms with Gasteiger partial charge >= 0.3 is 0 Å². The van der Waals surface area contributed by atoms with Gasteiger partial charge in [0.2, 0.25) is 0 Å². The largest absolute Gasteiger partial charge is 0.851 e. The molecule has 0 radical (unpaired) electrons. The first-order valence-electron chi connectivity index (χ1n) is 1.11. The van der Waals surface area contributed by atoms with E-state index >= 15 is 0 Å².